The number of esters is 2. The van der Waals surface area contributed by atoms with Crippen LogP contribution in [0.4, 0.5) is 0 Å². The van der Waals surface area contributed by atoms with Crippen LogP contribution >= 0.6 is 0 Å². The number of benzene rings is 1. The highest BCUT2D eigenvalue weighted by molar-refractivity contribution is 5.89. The summed E-state index contributed by atoms with van der Waals surface area (Å²) in [5.74, 6) is -3.66. The summed E-state index contributed by atoms with van der Waals surface area (Å²) in [5, 5.41) is 37.8. The van der Waals surface area contributed by atoms with Gasteiger partial charge in [0.1, 0.15) is 23.9 Å². The van der Waals surface area contributed by atoms with Crippen molar-refractivity contribution in [2.24, 2.45) is 34.5 Å². The Kier molecular flexibility index (Phi) is 9.28. The molecule has 1 aromatic carbocycles. The van der Waals surface area contributed by atoms with Crippen molar-refractivity contribution >= 4 is 11.9 Å². The largest absolute Gasteiger partial charge is 0.455 e. The fourth-order valence-electron chi connectivity index (χ4n) is 12.6. The minimum Gasteiger partial charge on any atom is -0.455 e. The van der Waals surface area contributed by atoms with E-state index >= 15 is 0 Å². The van der Waals surface area contributed by atoms with Gasteiger partial charge in [0, 0.05) is 76.0 Å². The van der Waals surface area contributed by atoms with Crippen LogP contribution < -0.4 is 0 Å². The first-order chi connectivity index (χ1) is 24.0. The van der Waals surface area contributed by atoms with Crippen LogP contribution in [0.3, 0.4) is 0 Å². The van der Waals surface area contributed by atoms with Crippen LogP contribution in [0.15, 0.2) is 42.5 Å². The zero-order valence-electron chi connectivity index (χ0n) is 29.9. The monoisotopic (exact) mass is 699 g/mol. The second kappa shape index (κ2) is 12.9. The number of aliphatic hydroxyl groups excluding tert-OH is 2. The van der Waals surface area contributed by atoms with E-state index in [1.807, 2.05) is 13.0 Å². The summed E-state index contributed by atoms with van der Waals surface area (Å²) in [7, 11) is 6.31. The molecule has 12 nitrogen and oxygen atoms in total. The molecule has 1 saturated heterocycles. The minimum atomic E-state index is -1.85. The smallest absolute Gasteiger partial charge is 0.338 e. The Balaban J connectivity index is 1.51. The lowest BCUT2D eigenvalue weighted by Gasteiger charge is -2.70. The van der Waals surface area contributed by atoms with Gasteiger partial charge in [-0.3, -0.25) is 9.69 Å². The van der Waals surface area contributed by atoms with E-state index in [4.69, 9.17) is 28.4 Å². The predicted octanol–water partition coefficient (Wildman–Crippen LogP) is 1.98. The van der Waals surface area contributed by atoms with Crippen molar-refractivity contribution in [3.8, 4) is 0 Å². The number of allylic oxidation sites excluding steroid dienone is 1. The lowest BCUT2D eigenvalue weighted by atomic mass is 9.42. The Morgan fingerprint density at radius 3 is 2.34 bits per heavy atom. The van der Waals surface area contributed by atoms with Crippen LogP contribution in [0, 0.1) is 34.5 Å². The molecular weight excluding hydrogens is 646 g/mol. The predicted molar refractivity (Wildman–Crippen MR) is 179 cm³/mol. The number of hydrogen-bond donors (Lipinski definition) is 3. The van der Waals surface area contributed by atoms with E-state index in [-0.39, 0.29) is 25.5 Å². The SMILES string of the molecule is CC/C=C/CC(=O)O[C@@]12C3C(C[C@@](O)(C3OC(=O)c3ccccc3)[C@@H](OC)[C@@H]1O)[C@]13C4C(OC)[C@@H]2[C@H]1N(CC)C[C@]4(COC)[C@H](O)C[C@@H]3OC. The molecule has 7 rings (SSSR count). The van der Waals surface area contributed by atoms with E-state index in [0.29, 0.717) is 25.1 Å². The van der Waals surface area contributed by atoms with E-state index < -0.39 is 94.3 Å². The maximum atomic E-state index is 14.1. The lowest BCUT2D eigenvalue weighted by Crippen LogP contribution is -2.81. The molecule has 1 spiro atoms. The van der Waals surface area contributed by atoms with Crippen molar-refractivity contribution < 1.29 is 53.3 Å². The van der Waals surface area contributed by atoms with E-state index in [1.165, 1.54) is 7.11 Å². The van der Waals surface area contributed by atoms with Gasteiger partial charge in [0.05, 0.1) is 36.9 Å². The molecular formula is C38H53NO11. The van der Waals surface area contributed by atoms with Crippen molar-refractivity contribution in [1.82, 2.24) is 4.90 Å². The first-order valence-electron chi connectivity index (χ1n) is 18.1. The molecule has 0 aromatic heterocycles. The Hall–Kier alpha value is -2.42. The van der Waals surface area contributed by atoms with E-state index in [9.17, 15) is 24.9 Å². The summed E-state index contributed by atoms with van der Waals surface area (Å²) in [4.78, 5) is 30.3. The normalized spacial score (nSPS) is 47.0. The number of rotatable bonds is 12. The minimum absolute atomic E-state index is 0.0375. The number of methoxy groups -OCH3 is 4. The number of fused-ring (bicyclic) bond motifs is 2. The molecule has 0 amide bonds. The van der Waals surface area contributed by atoms with Crippen molar-refractivity contribution in [3.05, 3.63) is 48.0 Å². The number of hydrogen-bond acceptors (Lipinski definition) is 12. The summed E-state index contributed by atoms with van der Waals surface area (Å²) in [6.07, 6.45) is -1.28. The Morgan fingerprint density at radius 2 is 1.72 bits per heavy atom. The molecule has 50 heavy (non-hydrogen) atoms. The Bertz CT molecular complexity index is 1480. The van der Waals surface area contributed by atoms with Crippen LogP contribution in [-0.4, -0.2) is 134 Å². The molecule has 5 unspecified atom stereocenters. The molecule has 6 fully saturated rings. The van der Waals surface area contributed by atoms with Crippen molar-refractivity contribution in [3.63, 3.8) is 0 Å². The van der Waals surface area contributed by atoms with Crippen LogP contribution in [0.5, 0.6) is 0 Å². The fraction of sp³-hybridized carbons (Fsp3) is 0.737. The Labute approximate surface area is 294 Å². The third kappa shape index (κ3) is 4.39. The molecule has 5 aliphatic carbocycles. The summed E-state index contributed by atoms with van der Waals surface area (Å²) < 4.78 is 38.0. The van der Waals surface area contributed by atoms with Gasteiger partial charge in [-0.05, 0) is 37.4 Å². The summed E-state index contributed by atoms with van der Waals surface area (Å²) in [6.45, 7) is 5.34. The first kappa shape index (κ1) is 36.0. The van der Waals surface area contributed by atoms with Crippen molar-refractivity contribution in [1.29, 1.82) is 0 Å². The van der Waals surface area contributed by atoms with Crippen LogP contribution in [0.1, 0.15) is 49.9 Å². The second-order valence-electron chi connectivity index (χ2n) is 15.4. The van der Waals surface area contributed by atoms with Gasteiger partial charge < -0.3 is 43.7 Å². The quantitative estimate of drug-likeness (QED) is 0.216. The summed E-state index contributed by atoms with van der Waals surface area (Å²) in [5.41, 5.74) is -4.88. The van der Waals surface area contributed by atoms with Gasteiger partial charge in [0.15, 0.2) is 5.60 Å². The van der Waals surface area contributed by atoms with Gasteiger partial charge in [0.25, 0.3) is 0 Å². The molecule has 1 aliphatic heterocycles. The third-order valence-corrected chi connectivity index (χ3v) is 13.8. The number of carbonyl (C=O) groups excluding carboxylic acids is 2. The molecule has 6 aliphatic rings. The maximum Gasteiger partial charge on any atom is 0.338 e. The number of piperidine rings is 1. The first-order valence-corrected chi connectivity index (χ1v) is 18.1. The molecule has 5 saturated carbocycles. The molecule has 3 N–H and O–H groups in total. The zero-order chi connectivity index (χ0) is 35.8. The standard InChI is InChI=1S/C38H53NO11/c1-7-9-11-16-25(41)50-38-26-22(18-36(44,33(48-6)31(38)42)32(26)49-34(43)21-14-12-10-13-15-21)37-24(46-4)17-23(40)35(20-45-3)19-39(8-2)30(37)27(38)28(47-5)29(35)37/h9-15,22-24,26-33,40,42,44H,7-8,16-20H2,1-6H3/b11-9+/t22?,23-,24+,26?,27-,28?,29?,30-,31+,32?,33+,35+,36-,37+,38-/m1/s1. The molecule has 7 bridgehead atoms. The van der Waals surface area contributed by atoms with E-state index in [0.717, 1.165) is 6.42 Å². The van der Waals surface area contributed by atoms with Gasteiger partial charge in [0.2, 0.25) is 0 Å². The highest BCUT2D eigenvalue weighted by Crippen LogP contribution is 2.80. The molecule has 1 heterocycles. The van der Waals surface area contributed by atoms with Gasteiger partial charge in [-0.1, -0.05) is 44.2 Å². The lowest BCUT2D eigenvalue weighted by molar-refractivity contribution is -0.322. The number of ether oxygens (including phenoxy) is 6. The summed E-state index contributed by atoms with van der Waals surface area (Å²) in [6, 6.07) is 8.20. The van der Waals surface area contributed by atoms with Gasteiger partial charge in [-0.25, -0.2) is 4.79 Å². The maximum absolute atomic E-state index is 14.1. The van der Waals surface area contributed by atoms with Crippen molar-refractivity contribution in [2.45, 2.75) is 93.4 Å². The zero-order valence-corrected chi connectivity index (χ0v) is 29.9. The van der Waals surface area contributed by atoms with Gasteiger partial charge in [-0.2, -0.15) is 0 Å². The van der Waals surface area contributed by atoms with Crippen LogP contribution in [0.25, 0.3) is 0 Å². The molecule has 15 atom stereocenters. The van der Waals surface area contributed by atoms with Gasteiger partial charge in [-0.15, -0.1) is 0 Å². The Morgan fingerprint density at radius 1 is 0.980 bits per heavy atom. The molecule has 0 radical (unpaired) electrons. The number of nitrogens with zero attached hydrogens (tertiary/aromatic N) is 1. The van der Waals surface area contributed by atoms with Crippen molar-refractivity contribution in [2.75, 3.05) is 48.1 Å². The highest BCUT2D eigenvalue weighted by Gasteiger charge is 2.92. The average Bonchev–Trinajstić information content (AvgIpc) is 3.48. The topological polar surface area (TPSA) is 153 Å². The van der Waals surface area contributed by atoms with Crippen LogP contribution in [-0.2, 0) is 33.2 Å². The van der Waals surface area contributed by atoms with E-state index in [2.05, 4.69) is 11.8 Å². The van der Waals surface area contributed by atoms with Gasteiger partial charge >= 0.3 is 11.9 Å². The average molecular weight is 700 g/mol. The van der Waals surface area contributed by atoms with Crippen LogP contribution in [0.2, 0.25) is 0 Å². The second-order valence-corrected chi connectivity index (χ2v) is 15.4. The van der Waals surface area contributed by atoms with E-state index in [1.54, 1.807) is 57.7 Å². The number of likely N-dealkylation sites (tertiary alicyclic amines) is 1. The fourth-order valence-corrected chi connectivity index (χ4v) is 12.6. The number of carbonyl (C=O) groups is 2. The third-order valence-electron chi connectivity index (χ3n) is 13.8. The summed E-state index contributed by atoms with van der Waals surface area (Å²) >= 11 is 0. The highest BCUT2D eigenvalue weighted by atomic mass is 16.6. The number of aliphatic hydroxyl groups is 3. The molecule has 12 heteroatoms. The molecule has 1 aromatic rings. The molecule has 276 valence electrons.